The number of carbonyl (C=O) groups excluding carboxylic acids is 1. The van der Waals surface area contributed by atoms with E-state index in [1.165, 1.54) is 6.33 Å². The first kappa shape index (κ1) is 13.9. The smallest absolute Gasteiger partial charge is 0.254 e. The van der Waals surface area contributed by atoms with Gasteiger partial charge in [0.2, 0.25) is 0 Å². The van der Waals surface area contributed by atoms with Crippen molar-refractivity contribution in [2.75, 3.05) is 24.7 Å². The van der Waals surface area contributed by atoms with Crippen LogP contribution in [-0.4, -0.2) is 35.2 Å². The number of nitrogens with one attached hydrogen (secondary N) is 2. The van der Waals surface area contributed by atoms with Gasteiger partial charge in [0.15, 0.2) is 0 Å². The van der Waals surface area contributed by atoms with E-state index < -0.39 is 0 Å². The SMILES string of the molecule is CC(NC(=O)c1cc(N)ccc1N(C)C)c1ncn[nH]1. The molecule has 0 aliphatic heterocycles. The molecule has 7 heteroatoms. The van der Waals surface area contributed by atoms with Gasteiger partial charge < -0.3 is 16.0 Å². The summed E-state index contributed by atoms with van der Waals surface area (Å²) in [5, 5.41) is 9.37. The summed E-state index contributed by atoms with van der Waals surface area (Å²) in [5.74, 6) is 0.401. The summed E-state index contributed by atoms with van der Waals surface area (Å²) in [6.45, 7) is 1.83. The van der Waals surface area contributed by atoms with E-state index >= 15 is 0 Å². The molecule has 2 aromatic rings. The highest BCUT2D eigenvalue weighted by Gasteiger charge is 2.17. The van der Waals surface area contributed by atoms with Gasteiger partial charge in [-0.1, -0.05) is 0 Å². The summed E-state index contributed by atoms with van der Waals surface area (Å²) in [6.07, 6.45) is 1.41. The van der Waals surface area contributed by atoms with Crippen LogP contribution in [0.5, 0.6) is 0 Å². The second-order valence-electron chi connectivity index (χ2n) is 4.74. The number of aromatic nitrogens is 3. The van der Waals surface area contributed by atoms with Gasteiger partial charge >= 0.3 is 0 Å². The highest BCUT2D eigenvalue weighted by Crippen LogP contribution is 2.22. The number of nitrogen functional groups attached to an aromatic ring is 1. The Balaban J connectivity index is 2.22. The Morgan fingerprint density at radius 1 is 1.45 bits per heavy atom. The van der Waals surface area contributed by atoms with E-state index in [1.807, 2.05) is 32.0 Å². The normalized spacial score (nSPS) is 11.9. The molecular weight excluding hydrogens is 256 g/mol. The molecule has 0 fully saturated rings. The number of rotatable bonds is 4. The summed E-state index contributed by atoms with van der Waals surface area (Å²) in [5.41, 5.74) is 7.65. The molecule has 1 atom stereocenters. The second kappa shape index (κ2) is 5.60. The first-order valence-corrected chi connectivity index (χ1v) is 6.22. The summed E-state index contributed by atoms with van der Waals surface area (Å²) in [7, 11) is 3.75. The molecule has 0 aliphatic carbocycles. The van der Waals surface area contributed by atoms with Crippen LogP contribution in [0.4, 0.5) is 11.4 Å². The Morgan fingerprint density at radius 3 is 2.80 bits per heavy atom. The molecule has 4 N–H and O–H groups in total. The van der Waals surface area contributed by atoms with Gasteiger partial charge in [-0.3, -0.25) is 9.89 Å². The molecule has 0 bridgehead atoms. The van der Waals surface area contributed by atoms with Crippen LogP contribution in [0.25, 0.3) is 0 Å². The predicted octanol–water partition coefficient (Wildman–Crippen LogP) is 0.944. The third-order valence-electron chi connectivity index (χ3n) is 2.94. The van der Waals surface area contributed by atoms with Crippen molar-refractivity contribution in [2.45, 2.75) is 13.0 Å². The first-order chi connectivity index (χ1) is 9.49. The van der Waals surface area contributed by atoms with Crippen LogP contribution in [0, 0.1) is 0 Å². The van der Waals surface area contributed by atoms with Crippen molar-refractivity contribution in [3.8, 4) is 0 Å². The van der Waals surface area contributed by atoms with Gasteiger partial charge in [0.25, 0.3) is 5.91 Å². The zero-order valence-electron chi connectivity index (χ0n) is 11.7. The average molecular weight is 274 g/mol. The van der Waals surface area contributed by atoms with Crippen molar-refractivity contribution in [1.29, 1.82) is 0 Å². The molecule has 0 radical (unpaired) electrons. The maximum Gasteiger partial charge on any atom is 0.254 e. The number of benzene rings is 1. The number of amides is 1. The van der Waals surface area contributed by atoms with Crippen LogP contribution in [0.1, 0.15) is 29.1 Å². The lowest BCUT2D eigenvalue weighted by Crippen LogP contribution is -2.29. The topological polar surface area (TPSA) is 99.9 Å². The van der Waals surface area contributed by atoms with E-state index in [-0.39, 0.29) is 11.9 Å². The lowest BCUT2D eigenvalue weighted by molar-refractivity contribution is 0.0939. The quantitative estimate of drug-likeness (QED) is 0.721. The van der Waals surface area contributed by atoms with E-state index in [9.17, 15) is 4.79 Å². The number of nitrogens with two attached hydrogens (primary N) is 1. The average Bonchev–Trinajstić information content (AvgIpc) is 2.92. The van der Waals surface area contributed by atoms with Crippen molar-refractivity contribution in [3.63, 3.8) is 0 Å². The molecule has 20 heavy (non-hydrogen) atoms. The Morgan fingerprint density at radius 2 is 2.20 bits per heavy atom. The van der Waals surface area contributed by atoms with Gasteiger partial charge in [0.1, 0.15) is 12.2 Å². The Hall–Kier alpha value is -2.57. The zero-order chi connectivity index (χ0) is 14.7. The number of aromatic amines is 1. The number of carbonyl (C=O) groups is 1. The second-order valence-corrected chi connectivity index (χ2v) is 4.74. The number of hydrogen-bond donors (Lipinski definition) is 3. The van der Waals surface area contributed by atoms with Crippen molar-refractivity contribution < 1.29 is 4.79 Å². The van der Waals surface area contributed by atoms with Crippen LogP contribution in [0.15, 0.2) is 24.5 Å². The van der Waals surface area contributed by atoms with Gasteiger partial charge in [-0.2, -0.15) is 5.10 Å². The monoisotopic (exact) mass is 274 g/mol. The Bertz CT molecular complexity index is 593. The van der Waals surface area contributed by atoms with E-state index in [4.69, 9.17) is 5.73 Å². The van der Waals surface area contributed by atoms with Gasteiger partial charge in [0, 0.05) is 25.5 Å². The van der Waals surface area contributed by atoms with Gasteiger partial charge in [-0.25, -0.2) is 4.98 Å². The van der Waals surface area contributed by atoms with E-state index in [0.29, 0.717) is 17.1 Å². The van der Waals surface area contributed by atoms with Crippen LogP contribution in [0.3, 0.4) is 0 Å². The highest BCUT2D eigenvalue weighted by molar-refractivity contribution is 6.00. The Labute approximate surface area is 117 Å². The first-order valence-electron chi connectivity index (χ1n) is 6.22. The van der Waals surface area contributed by atoms with Crippen LogP contribution >= 0.6 is 0 Å². The number of nitrogens with zero attached hydrogens (tertiary/aromatic N) is 3. The van der Waals surface area contributed by atoms with Crippen molar-refractivity contribution in [2.24, 2.45) is 0 Å². The van der Waals surface area contributed by atoms with E-state index in [0.717, 1.165) is 5.69 Å². The van der Waals surface area contributed by atoms with Crippen molar-refractivity contribution >= 4 is 17.3 Å². The molecule has 0 saturated carbocycles. The largest absolute Gasteiger partial charge is 0.399 e. The lowest BCUT2D eigenvalue weighted by atomic mass is 10.1. The minimum absolute atomic E-state index is 0.204. The molecule has 1 aromatic heterocycles. The molecule has 0 spiro atoms. The van der Waals surface area contributed by atoms with Crippen LogP contribution < -0.4 is 16.0 Å². The van der Waals surface area contributed by atoms with Crippen LogP contribution in [-0.2, 0) is 0 Å². The molecule has 0 saturated heterocycles. The maximum atomic E-state index is 12.4. The lowest BCUT2D eigenvalue weighted by Gasteiger charge is -2.19. The minimum Gasteiger partial charge on any atom is -0.399 e. The van der Waals surface area contributed by atoms with E-state index in [2.05, 4.69) is 20.5 Å². The van der Waals surface area contributed by atoms with E-state index in [1.54, 1.807) is 12.1 Å². The standard InChI is InChI=1S/C13H18N6O/c1-8(12-15-7-16-18-12)17-13(20)10-6-9(14)4-5-11(10)19(2)3/h4-8H,14H2,1-3H3,(H,17,20)(H,15,16,18). The van der Waals surface area contributed by atoms with Gasteiger partial charge in [0.05, 0.1) is 11.6 Å². The van der Waals surface area contributed by atoms with Crippen LogP contribution in [0.2, 0.25) is 0 Å². The molecule has 7 nitrogen and oxygen atoms in total. The van der Waals surface area contributed by atoms with Crippen molar-refractivity contribution in [3.05, 3.63) is 35.9 Å². The summed E-state index contributed by atoms with van der Waals surface area (Å²) in [6, 6.07) is 4.99. The number of anilines is 2. The summed E-state index contributed by atoms with van der Waals surface area (Å²) >= 11 is 0. The third kappa shape index (κ3) is 2.87. The predicted molar refractivity (Wildman–Crippen MR) is 77.4 cm³/mol. The molecule has 0 aliphatic rings. The third-order valence-corrected chi connectivity index (χ3v) is 2.94. The molecule has 1 unspecified atom stereocenters. The molecular formula is C13H18N6O. The summed E-state index contributed by atoms with van der Waals surface area (Å²) < 4.78 is 0. The van der Waals surface area contributed by atoms with Gasteiger partial charge in [-0.15, -0.1) is 0 Å². The fourth-order valence-electron chi connectivity index (χ4n) is 1.89. The zero-order valence-corrected chi connectivity index (χ0v) is 11.7. The van der Waals surface area contributed by atoms with Crippen molar-refractivity contribution in [1.82, 2.24) is 20.5 Å². The number of hydrogen-bond acceptors (Lipinski definition) is 5. The fourth-order valence-corrected chi connectivity index (χ4v) is 1.89. The molecule has 1 aromatic carbocycles. The maximum absolute atomic E-state index is 12.4. The highest BCUT2D eigenvalue weighted by atomic mass is 16.1. The molecule has 106 valence electrons. The van der Waals surface area contributed by atoms with Gasteiger partial charge in [-0.05, 0) is 25.1 Å². The molecule has 2 rings (SSSR count). The Kier molecular flexibility index (Phi) is 3.88. The fraction of sp³-hybridized carbons (Fsp3) is 0.308. The summed E-state index contributed by atoms with van der Waals surface area (Å²) in [4.78, 5) is 18.3. The molecule has 1 amide bonds. The molecule has 1 heterocycles. The number of H-pyrrole nitrogens is 1. The minimum atomic E-state index is -0.263.